The van der Waals surface area contributed by atoms with Gasteiger partial charge in [-0.1, -0.05) is 19.1 Å². The largest absolute Gasteiger partial charge is 0.465 e. The van der Waals surface area contributed by atoms with Crippen molar-refractivity contribution in [1.82, 2.24) is 0 Å². The second kappa shape index (κ2) is 8.03. The number of esters is 2. The SMILES string of the molecule is CCC(C=CCOC(C)=O)COC(C)=O. The van der Waals surface area contributed by atoms with E-state index in [-0.39, 0.29) is 24.5 Å². The molecule has 0 aliphatic rings. The van der Waals surface area contributed by atoms with E-state index in [9.17, 15) is 9.59 Å². The molecule has 0 spiro atoms. The Morgan fingerprint density at radius 3 is 2.27 bits per heavy atom. The standard InChI is InChI=1S/C11H18O4/c1-4-11(8-15-10(3)13)6-5-7-14-9(2)12/h5-6,11H,4,7-8H2,1-3H3. The molecule has 15 heavy (non-hydrogen) atoms. The van der Waals surface area contributed by atoms with Crippen LogP contribution in [0.25, 0.3) is 0 Å². The van der Waals surface area contributed by atoms with Gasteiger partial charge in [-0.15, -0.1) is 0 Å². The van der Waals surface area contributed by atoms with Crippen molar-refractivity contribution in [2.24, 2.45) is 5.92 Å². The first-order valence-corrected chi connectivity index (χ1v) is 4.99. The van der Waals surface area contributed by atoms with Crippen molar-refractivity contribution >= 4 is 11.9 Å². The van der Waals surface area contributed by atoms with E-state index >= 15 is 0 Å². The predicted octanol–water partition coefficient (Wildman–Crippen LogP) is 1.70. The molecular formula is C11H18O4. The van der Waals surface area contributed by atoms with E-state index in [1.165, 1.54) is 13.8 Å². The van der Waals surface area contributed by atoms with Gasteiger partial charge in [0, 0.05) is 19.8 Å². The molecule has 0 amide bonds. The molecule has 4 heteroatoms. The summed E-state index contributed by atoms with van der Waals surface area (Å²) in [6.45, 7) is 5.40. The lowest BCUT2D eigenvalue weighted by Crippen LogP contribution is -2.09. The Balaban J connectivity index is 3.77. The van der Waals surface area contributed by atoms with Gasteiger partial charge in [0.1, 0.15) is 6.61 Å². The minimum atomic E-state index is -0.298. The van der Waals surface area contributed by atoms with Crippen molar-refractivity contribution in [3.05, 3.63) is 12.2 Å². The highest BCUT2D eigenvalue weighted by Crippen LogP contribution is 2.05. The Bertz CT molecular complexity index is 233. The maximum atomic E-state index is 10.6. The summed E-state index contributed by atoms with van der Waals surface area (Å²) >= 11 is 0. The van der Waals surface area contributed by atoms with Crippen LogP contribution in [0.15, 0.2) is 12.2 Å². The van der Waals surface area contributed by atoms with Crippen LogP contribution in [0.4, 0.5) is 0 Å². The molecular weight excluding hydrogens is 196 g/mol. The molecule has 86 valence electrons. The second-order valence-electron chi connectivity index (χ2n) is 3.20. The highest BCUT2D eigenvalue weighted by molar-refractivity contribution is 5.66. The number of carbonyl (C=O) groups excluding carboxylic acids is 2. The van der Waals surface area contributed by atoms with E-state index in [1.54, 1.807) is 6.08 Å². The number of carbonyl (C=O) groups is 2. The number of hydrogen-bond donors (Lipinski definition) is 0. The molecule has 0 saturated heterocycles. The number of hydrogen-bond acceptors (Lipinski definition) is 4. The van der Waals surface area contributed by atoms with E-state index in [4.69, 9.17) is 9.47 Å². The fraction of sp³-hybridized carbons (Fsp3) is 0.636. The van der Waals surface area contributed by atoms with Crippen LogP contribution in [0.2, 0.25) is 0 Å². The average Bonchev–Trinajstić information content (AvgIpc) is 2.16. The Morgan fingerprint density at radius 1 is 1.20 bits per heavy atom. The fourth-order valence-corrected chi connectivity index (χ4v) is 0.947. The highest BCUT2D eigenvalue weighted by Gasteiger charge is 2.03. The van der Waals surface area contributed by atoms with Gasteiger partial charge in [-0.25, -0.2) is 0 Å². The molecule has 4 nitrogen and oxygen atoms in total. The van der Waals surface area contributed by atoms with E-state index in [1.807, 2.05) is 13.0 Å². The van der Waals surface area contributed by atoms with Gasteiger partial charge in [0.15, 0.2) is 0 Å². The van der Waals surface area contributed by atoms with Crippen LogP contribution in [0.5, 0.6) is 0 Å². The molecule has 0 fully saturated rings. The summed E-state index contributed by atoms with van der Waals surface area (Å²) in [5, 5.41) is 0. The van der Waals surface area contributed by atoms with E-state index in [2.05, 4.69) is 0 Å². The molecule has 0 heterocycles. The van der Waals surface area contributed by atoms with E-state index < -0.39 is 0 Å². The molecule has 0 saturated carbocycles. The fourth-order valence-electron chi connectivity index (χ4n) is 0.947. The summed E-state index contributed by atoms with van der Waals surface area (Å²) in [7, 11) is 0. The first kappa shape index (κ1) is 13.7. The quantitative estimate of drug-likeness (QED) is 0.498. The number of ether oxygens (including phenoxy) is 2. The van der Waals surface area contributed by atoms with Crippen molar-refractivity contribution in [1.29, 1.82) is 0 Å². The van der Waals surface area contributed by atoms with Crippen molar-refractivity contribution < 1.29 is 19.1 Å². The lowest BCUT2D eigenvalue weighted by Gasteiger charge is -2.09. The summed E-state index contributed by atoms with van der Waals surface area (Å²) in [6.07, 6.45) is 4.54. The van der Waals surface area contributed by atoms with Gasteiger partial charge in [0.2, 0.25) is 0 Å². The third-order valence-electron chi connectivity index (χ3n) is 1.82. The van der Waals surface area contributed by atoms with E-state index in [0.29, 0.717) is 6.61 Å². The van der Waals surface area contributed by atoms with Crippen LogP contribution in [0, 0.1) is 5.92 Å². The highest BCUT2D eigenvalue weighted by atomic mass is 16.5. The van der Waals surface area contributed by atoms with Crippen LogP contribution in [0.3, 0.4) is 0 Å². The zero-order valence-corrected chi connectivity index (χ0v) is 9.49. The summed E-state index contributed by atoms with van der Waals surface area (Å²) < 4.78 is 9.60. The maximum absolute atomic E-state index is 10.6. The average molecular weight is 214 g/mol. The summed E-state index contributed by atoms with van der Waals surface area (Å²) in [5.41, 5.74) is 0. The van der Waals surface area contributed by atoms with Gasteiger partial charge in [-0.3, -0.25) is 9.59 Å². The summed E-state index contributed by atoms with van der Waals surface area (Å²) in [5.74, 6) is -0.390. The zero-order chi connectivity index (χ0) is 11.7. The van der Waals surface area contributed by atoms with Crippen molar-refractivity contribution in [3.8, 4) is 0 Å². The monoisotopic (exact) mass is 214 g/mol. The van der Waals surface area contributed by atoms with E-state index in [0.717, 1.165) is 6.42 Å². The third-order valence-corrected chi connectivity index (χ3v) is 1.82. The normalized spacial score (nSPS) is 12.5. The minimum Gasteiger partial charge on any atom is -0.465 e. The zero-order valence-electron chi connectivity index (χ0n) is 9.49. The minimum absolute atomic E-state index is 0.185. The Morgan fingerprint density at radius 2 is 1.80 bits per heavy atom. The smallest absolute Gasteiger partial charge is 0.302 e. The molecule has 0 aromatic heterocycles. The molecule has 0 bridgehead atoms. The van der Waals surface area contributed by atoms with Crippen LogP contribution >= 0.6 is 0 Å². The van der Waals surface area contributed by atoms with Crippen LogP contribution in [0.1, 0.15) is 27.2 Å². The maximum Gasteiger partial charge on any atom is 0.302 e. The Kier molecular flexibility index (Phi) is 7.32. The number of rotatable bonds is 6. The Labute approximate surface area is 90.2 Å². The van der Waals surface area contributed by atoms with Gasteiger partial charge in [0.25, 0.3) is 0 Å². The first-order valence-electron chi connectivity index (χ1n) is 4.99. The summed E-state index contributed by atoms with van der Waals surface area (Å²) in [6, 6.07) is 0. The third kappa shape index (κ3) is 9.00. The second-order valence-corrected chi connectivity index (χ2v) is 3.20. The van der Waals surface area contributed by atoms with Crippen molar-refractivity contribution in [3.63, 3.8) is 0 Å². The molecule has 0 aromatic carbocycles. The summed E-state index contributed by atoms with van der Waals surface area (Å²) in [4.78, 5) is 21.0. The van der Waals surface area contributed by atoms with Crippen LogP contribution in [-0.2, 0) is 19.1 Å². The molecule has 1 atom stereocenters. The van der Waals surface area contributed by atoms with Crippen LogP contribution in [-0.4, -0.2) is 25.2 Å². The molecule has 0 aliphatic carbocycles. The van der Waals surface area contributed by atoms with Gasteiger partial charge < -0.3 is 9.47 Å². The van der Waals surface area contributed by atoms with Crippen molar-refractivity contribution in [2.45, 2.75) is 27.2 Å². The topological polar surface area (TPSA) is 52.6 Å². The first-order chi connectivity index (χ1) is 7.06. The lowest BCUT2D eigenvalue weighted by molar-refractivity contribution is -0.142. The molecule has 0 N–H and O–H groups in total. The lowest BCUT2D eigenvalue weighted by atomic mass is 10.1. The van der Waals surface area contributed by atoms with Gasteiger partial charge in [-0.2, -0.15) is 0 Å². The molecule has 0 radical (unpaired) electrons. The Hall–Kier alpha value is -1.32. The molecule has 1 unspecified atom stereocenters. The van der Waals surface area contributed by atoms with Gasteiger partial charge in [-0.05, 0) is 6.42 Å². The van der Waals surface area contributed by atoms with Crippen molar-refractivity contribution in [2.75, 3.05) is 13.2 Å². The van der Waals surface area contributed by atoms with Crippen LogP contribution < -0.4 is 0 Å². The predicted molar refractivity (Wildman–Crippen MR) is 56.2 cm³/mol. The van der Waals surface area contributed by atoms with Gasteiger partial charge in [0.05, 0.1) is 6.61 Å². The van der Waals surface area contributed by atoms with Gasteiger partial charge >= 0.3 is 11.9 Å². The molecule has 0 aromatic rings. The molecule has 0 aliphatic heterocycles. The molecule has 0 rings (SSSR count).